The van der Waals surface area contributed by atoms with Gasteiger partial charge in [-0.2, -0.15) is 0 Å². The molecule has 1 aromatic heterocycles. The topological polar surface area (TPSA) is 76.8 Å². The van der Waals surface area contributed by atoms with E-state index in [1.807, 2.05) is 25.4 Å². The van der Waals surface area contributed by atoms with E-state index >= 15 is 0 Å². The maximum absolute atomic E-state index is 5.82. The van der Waals surface area contributed by atoms with Crippen LogP contribution in [0.3, 0.4) is 0 Å². The number of nitrogens with zero attached hydrogens (tertiary/aromatic N) is 3. The van der Waals surface area contributed by atoms with Gasteiger partial charge in [-0.1, -0.05) is 56.8 Å². The van der Waals surface area contributed by atoms with Gasteiger partial charge in [-0.15, -0.1) is 0 Å². The summed E-state index contributed by atoms with van der Waals surface area (Å²) in [7, 11) is 1.88. The minimum atomic E-state index is 0.452. The van der Waals surface area contributed by atoms with Crippen LogP contribution in [0.15, 0.2) is 38.8 Å². The standard InChI is InChI=1S/C25H36N4O/c1-18(2)8-6-4-5-7-15-28-17-23(27-3)20-11-9-19(10-12-20)21-13-14-22-24(16-21)30-29-25(22)26/h9,13-14,16-18,20H,4-8,10-12,15H2,1-3H3,(H2,26,29). The smallest absolute Gasteiger partial charge is 0.174 e. The summed E-state index contributed by atoms with van der Waals surface area (Å²) in [5.41, 5.74) is 10.2. The second-order valence-electron chi connectivity index (χ2n) is 8.76. The van der Waals surface area contributed by atoms with E-state index in [4.69, 9.17) is 10.3 Å². The molecule has 30 heavy (non-hydrogen) atoms. The van der Waals surface area contributed by atoms with Crippen molar-refractivity contribution in [1.82, 2.24) is 5.16 Å². The van der Waals surface area contributed by atoms with Crippen LogP contribution in [0.4, 0.5) is 5.82 Å². The van der Waals surface area contributed by atoms with Gasteiger partial charge in [0.05, 0.1) is 11.1 Å². The molecule has 0 spiro atoms. The van der Waals surface area contributed by atoms with Crippen molar-refractivity contribution in [1.29, 1.82) is 0 Å². The van der Waals surface area contributed by atoms with E-state index in [0.717, 1.165) is 48.4 Å². The number of unbranched alkanes of at least 4 members (excludes halogenated alkanes) is 3. The Morgan fingerprint density at radius 3 is 2.83 bits per heavy atom. The van der Waals surface area contributed by atoms with Crippen molar-refractivity contribution >= 4 is 34.3 Å². The normalized spacial score (nSPS) is 17.9. The summed E-state index contributed by atoms with van der Waals surface area (Å²) in [4.78, 5) is 9.18. The first-order valence-electron chi connectivity index (χ1n) is 11.4. The quantitative estimate of drug-likeness (QED) is 0.368. The van der Waals surface area contributed by atoms with Crippen molar-refractivity contribution in [2.45, 2.75) is 65.2 Å². The van der Waals surface area contributed by atoms with Gasteiger partial charge in [0.2, 0.25) is 0 Å². The fraction of sp³-hybridized carbons (Fsp3) is 0.560. The van der Waals surface area contributed by atoms with E-state index < -0.39 is 0 Å². The molecule has 0 saturated heterocycles. The van der Waals surface area contributed by atoms with Crippen LogP contribution in [0.2, 0.25) is 0 Å². The lowest BCUT2D eigenvalue weighted by Crippen LogP contribution is -2.18. The zero-order chi connectivity index (χ0) is 21.3. The third-order valence-electron chi connectivity index (χ3n) is 6.00. The zero-order valence-electron chi connectivity index (χ0n) is 18.7. The van der Waals surface area contributed by atoms with Gasteiger partial charge in [-0.3, -0.25) is 9.98 Å². The molecule has 0 aliphatic heterocycles. The Hall–Kier alpha value is -2.43. The Balaban J connectivity index is 1.47. The Kier molecular flexibility index (Phi) is 8.23. The number of fused-ring (bicyclic) bond motifs is 1. The van der Waals surface area contributed by atoms with E-state index in [9.17, 15) is 0 Å². The molecule has 3 rings (SSSR count). The highest BCUT2D eigenvalue weighted by Gasteiger charge is 2.19. The molecule has 1 aromatic carbocycles. The largest absolute Gasteiger partial charge is 0.380 e. The van der Waals surface area contributed by atoms with Gasteiger partial charge in [-0.25, -0.2) is 0 Å². The first kappa shape index (κ1) is 22.3. The van der Waals surface area contributed by atoms with E-state index in [2.05, 4.69) is 41.1 Å². The molecule has 1 aliphatic rings. The van der Waals surface area contributed by atoms with Crippen LogP contribution in [-0.4, -0.2) is 30.7 Å². The molecule has 1 heterocycles. The van der Waals surface area contributed by atoms with Gasteiger partial charge < -0.3 is 10.3 Å². The van der Waals surface area contributed by atoms with E-state index in [-0.39, 0.29) is 0 Å². The molecule has 0 bridgehead atoms. The van der Waals surface area contributed by atoms with Gasteiger partial charge in [0.15, 0.2) is 11.4 Å². The molecule has 0 amide bonds. The number of anilines is 1. The second kappa shape index (κ2) is 11.1. The summed E-state index contributed by atoms with van der Waals surface area (Å²) in [6, 6.07) is 6.15. The van der Waals surface area contributed by atoms with Gasteiger partial charge in [-0.05, 0) is 54.9 Å². The number of hydrogen-bond donors (Lipinski definition) is 1. The average Bonchev–Trinajstić information content (AvgIpc) is 3.13. The highest BCUT2D eigenvalue weighted by molar-refractivity contribution is 6.31. The van der Waals surface area contributed by atoms with Crippen LogP contribution in [0, 0.1) is 11.8 Å². The van der Waals surface area contributed by atoms with Gasteiger partial charge >= 0.3 is 0 Å². The number of nitrogen functional groups attached to an aromatic ring is 1. The van der Waals surface area contributed by atoms with Crippen molar-refractivity contribution in [3.8, 4) is 0 Å². The molecule has 5 nitrogen and oxygen atoms in total. The molecule has 2 aromatic rings. The Morgan fingerprint density at radius 1 is 1.27 bits per heavy atom. The molecule has 162 valence electrons. The third-order valence-corrected chi connectivity index (χ3v) is 6.00. The van der Waals surface area contributed by atoms with Crippen LogP contribution >= 0.6 is 0 Å². The highest BCUT2D eigenvalue weighted by atomic mass is 16.5. The van der Waals surface area contributed by atoms with Gasteiger partial charge in [0, 0.05) is 25.7 Å². The number of rotatable bonds is 10. The predicted molar refractivity (Wildman–Crippen MR) is 128 cm³/mol. The van der Waals surface area contributed by atoms with Crippen molar-refractivity contribution in [2.24, 2.45) is 21.8 Å². The van der Waals surface area contributed by atoms with Gasteiger partial charge in [0.25, 0.3) is 0 Å². The molecule has 1 aliphatic carbocycles. The van der Waals surface area contributed by atoms with Crippen LogP contribution in [0.5, 0.6) is 0 Å². The monoisotopic (exact) mass is 408 g/mol. The molecule has 2 N–H and O–H groups in total. The third kappa shape index (κ3) is 6.04. The molecule has 0 fully saturated rings. The average molecular weight is 409 g/mol. The number of aromatic nitrogens is 1. The van der Waals surface area contributed by atoms with Crippen LogP contribution in [-0.2, 0) is 0 Å². The number of hydrogen-bond acceptors (Lipinski definition) is 5. The summed E-state index contributed by atoms with van der Waals surface area (Å²) in [5, 5.41) is 4.72. The van der Waals surface area contributed by atoms with Gasteiger partial charge in [0.1, 0.15) is 0 Å². The van der Waals surface area contributed by atoms with Crippen LogP contribution < -0.4 is 5.73 Å². The minimum absolute atomic E-state index is 0.452. The number of nitrogens with two attached hydrogens (primary N) is 1. The van der Waals surface area contributed by atoms with E-state index in [0.29, 0.717) is 11.7 Å². The Bertz CT molecular complexity index is 907. The molecule has 0 radical (unpaired) electrons. The SMILES string of the molecule is CN=C(C=NCCCCCCC(C)C)C1CC=C(c2ccc3c(N)noc3c2)CC1. The number of aliphatic imine (C=N–C) groups is 2. The Morgan fingerprint density at radius 2 is 2.10 bits per heavy atom. The molecule has 0 saturated carbocycles. The lowest BCUT2D eigenvalue weighted by molar-refractivity contribution is 0.460. The first-order valence-corrected chi connectivity index (χ1v) is 11.4. The summed E-state index contributed by atoms with van der Waals surface area (Å²) >= 11 is 0. The lowest BCUT2D eigenvalue weighted by atomic mass is 9.84. The summed E-state index contributed by atoms with van der Waals surface area (Å²) in [5.74, 6) is 1.73. The number of allylic oxidation sites excluding steroid dienone is 2. The molecular formula is C25H36N4O. The van der Waals surface area contributed by atoms with E-state index in [1.165, 1.54) is 43.2 Å². The maximum atomic E-state index is 5.82. The fourth-order valence-electron chi connectivity index (χ4n) is 4.13. The lowest BCUT2D eigenvalue weighted by Gasteiger charge is -2.22. The van der Waals surface area contributed by atoms with Crippen molar-refractivity contribution in [2.75, 3.05) is 19.3 Å². The molecule has 1 atom stereocenters. The van der Waals surface area contributed by atoms with Crippen molar-refractivity contribution in [3.63, 3.8) is 0 Å². The van der Waals surface area contributed by atoms with Crippen molar-refractivity contribution < 1.29 is 4.52 Å². The number of benzene rings is 1. The molecular weight excluding hydrogens is 372 g/mol. The van der Waals surface area contributed by atoms with Crippen LogP contribution in [0.25, 0.3) is 16.5 Å². The summed E-state index contributed by atoms with van der Waals surface area (Å²) in [6.45, 7) is 5.50. The predicted octanol–water partition coefficient (Wildman–Crippen LogP) is 6.34. The van der Waals surface area contributed by atoms with Crippen molar-refractivity contribution in [3.05, 3.63) is 29.8 Å². The Labute approximate surface area is 180 Å². The van der Waals surface area contributed by atoms with Crippen LogP contribution in [0.1, 0.15) is 70.8 Å². The summed E-state index contributed by atoms with van der Waals surface area (Å²) < 4.78 is 5.31. The highest BCUT2D eigenvalue weighted by Crippen LogP contribution is 2.33. The molecule has 5 heteroatoms. The molecule has 1 unspecified atom stereocenters. The zero-order valence-corrected chi connectivity index (χ0v) is 18.7. The summed E-state index contributed by atoms with van der Waals surface area (Å²) in [6.07, 6.45) is 13.9. The first-order chi connectivity index (χ1) is 14.6. The fourth-order valence-corrected chi connectivity index (χ4v) is 4.13. The van der Waals surface area contributed by atoms with E-state index in [1.54, 1.807) is 0 Å². The second-order valence-corrected chi connectivity index (χ2v) is 8.76. The maximum Gasteiger partial charge on any atom is 0.174 e. The minimum Gasteiger partial charge on any atom is -0.380 e.